The Labute approximate surface area is 109 Å². The highest BCUT2D eigenvalue weighted by Crippen LogP contribution is 2.10. The molecule has 0 saturated heterocycles. The fourth-order valence-electron chi connectivity index (χ4n) is 1.60. The number of nitrogens with zero attached hydrogens (tertiary/aromatic N) is 2. The molecule has 0 aliphatic rings. The molecule has 0 aromatic carbocycles. The number of rotatable bonds is 3. The van der Waals surface area contributed by atoms with Crippen molar-refractivity contribution >= 4 is 11.7 Å². The second kappa shape index (κ2) is 5.43. The number of nitrogens with two attached hydrogens (primary N) is 1. The van der Waals surface area contributed by atoms with Crippen LogP contribution in [0.4, 0.5) is 10.2 Å². The van der Waals surface area contributed by atoms with Crippen LogP contribution in [-0.2, 0) is 6.54 Å². The third-order valence-corrected chi connectivity index (χ3v) is 2.71. The van der Waals surface area contributed by atoms with E-state index in [1.54, 1.807) is 12.4 Å². The van der Waals surface area contributed by atoms with Gasteiger partial charge in [0.25, 0.3) is 5.91 Å². The van der Waals surface area contributed by atoms with E-state index in [4.69, 9.17) is 5.73 Å². The molecule has 2 aromatic heterocycles. The zero-order chi connectivity index (χ0) is 13.8. The number of aryl methyl sites for hydroxylation is 1. The van der Waals surface area contributed by atoms with Gasteiger partial charge < -0.3 is 11.1 Å². The van der Waals surface area contributed by atoms with Gasteiger partial charge in [-0.1, -0.05) is 0 Å². The van der Waals surface area contributed by atoms with Gasteiger partial charge in [-0.15, -0.1) is 0 Å². The van der Waals surface area contributed by atoms with E-state index >= 15 is 0 Å². The van der Waals surface area contributed by atoms with Crippen LogP contribution in [0.25, 0.3) is 0 Å². The highest BCUT2D eigenvalue weighted by atomic mass is 19.1. The summed E-state index contributed by atoms with van der Waals surface area (Å²) < 4.78 is 13.0. The molecule has 0 atom stereocenters. The number of nitrogen functional groups attached to an aromatic ring is 1. The molecule has 98 valence electrons. The van der Waals surface area contributed by atoms with Crippen LogP contribution in [0.1, 0.15) is 21.5 Å². The molecule has 5 nitrogen and oxygen atoms in total. The molecule has 2 heterocycles. The van der Waals surface area contributed by atoms with Crippen molar-refractivity contribution in [1.82, 2.24) is 15.3 Å². The van der Waals surface area contributed by atoms with Crippen LogP contribution >= 0.6 is 0 Å². The topological polar surface area (TPSA) is 80.9 Å². The van der Waals surface area contributed by atoms with Gasteiger partial charge in [0.15, 0.2) is 0 Å². The van der Waals surface area contributed by atoms with Crippen LogP contribution in [0.15, 0.2) is 30.7 Å². The van der Waals surface area contributed by atoms with Gasteiger partial charge in [-0.3, -0.25) is 9.78 Å². The zero-order valence-corrected chi connectivity index (χ0v) is 10.4. The van der Waals surface area contributed by atoms with Crippen LogP contribution in [-0.4, -0.2) is 15.9 Å². The molecule has 2 rings (SSSR count). The minimum Gasteiger partial charge on any atom is -0.383 e. The monoisotopic (exact) mass is 260 g/mol. The van der Waals surface area contributed by atoms with Crippen LogP contribution in [0.3, 0.4) is 0 Å². The van der Waals surface area contributed by atoms with Crippen molar-refractivity contribution < 1.29 is 9.18 Å². The molecular weight excluding hydrogens is 247 g/mol. The first kappa shape index (κ1) is 12.9. The number of carbonyl (C=O) groups excluding carboxylic acids is 1. The predicted molar refractivity (Wildman–Crippen MR) is 68.8 cm³/mol. The minimum atomic E-state index is -0.598. The van der Waals surface area contributed by atoms with Gasteiger partial charge in [-0.25, -0.2) is 9.37 Å². The Morgan fingerprint density at radius 3 is 3.00 bits per heavy atom. The Balaban J connectivity index is 2.10. The van der Waals surface area contributed by atoms with E-state index in [1.165, 1.54) is 0 Å². The molecule has 1 amide bonds. The third-order valence-electron chi connectivity index (χ3n) is 2.71. The molecule has 0 bridgehead atoms. The van der Waals surface area contributed by atoms with Crippen molar-refractivity contribution in [1.29, 1.82) is 0 Å². The molecular formula is C13H13FN4O. The van der Waals surface area contributed by atoms with Crippen LogP contribution in [0.5, 0.6) is 0 Å². The SMILES string of the molecule is Cc1cnccc1CNC(=O)c1cc(F)cnc1N. The van der Waals surface area contributed by atoms with E-state index in [9.17, 15) is 9.18 Å². The molecule has 3 N–H and O–H groups in total. The number of pyridine rings is 2. The first-order valence-electron chi connectivity index (χ1n) is 5.66. The summed E-state index contributed by atoms with van der Waals surface area (Å²) in [6, 6.07) is 2.87. The summed E-state index contributed by atoms with van der Waals surface area (Å²) in [5.41, 5.74) is 7.48. The van der Waals surface area contributed by atoms with E-state index < -0.39 is 11.7 Å². The summed E-state index contributed by atoms with van der Waals surface area (Å²) >= 11 is 0. The van der Waals surface area contributed by atoms with Gasteiger partial charge in [0.2, 0.25) is 0 Å². The van der Waals surface area contributed by atoms with Crippen molar-refractivity contribution in [2.24, 2.45) is 0 Å². The van der Waals surface area contributed by atoms with Crippen LogP contribution in [0, 0.1) is 12.7 Å². The van der Waals surface area contributed by atoms with Crippen LogP contribution < -0.4 is 11.1 Å². The lowest BCUT2D eigenvalue weighted by atomic mass is 10.1. The number of halogens is 1. The van der Waals surface area contributed by atoms with Crippen molar-refractivity contribution in [3.8, 4) is 0 Å². The van der Waals surface area contributed by atoms with Crippen molar-refractivity contribution in [2.75, 3.05) is 5.73 Å². The van der Waals surface area contributed by atoms with Gasteiger partial charge in [0, 0.05) is 18.9 Å². The quantitative estimate of drug-likeness (QED) is 0.875. The first-order valence-corrected chi connectivity index (χ1v) is 5.66. The van der Waals surface area contributed by atoms with Gasteiger partial charge in [-0.2, -0.15) is 0 Å². The summed E-state index contributed by atoms with van der Waals surface area (Å²) in [5.74, 6) is -1.05. The van der Waals surface area contributed by atoms with Gasteiger partial charge in [-0.05, 0) is 30.2 Å². The average molecular weight is 260 g/mol. The summed E-state index contributed by atoms with van der Waals surface area (Å²) in [6.07, 6.45) is 4.32. The predicted octanol–water partition coefficient (Wildman–Crippen LogP) is 1.44. The second-order valence-corrected chi connectivity index (χ2v) is 4.07. The zero-order valence-electron chi connectivity index (χ0n) is 10.4. The Hall–Kier alpha value is -2.50. The molecule has 0 aliphatic carbocycles. The average Bonchev–Trinajstić information content (AvgIpc) is 2.40. The lowest BCUT2D eigenvalue weighted by Crippen LogP contribution is -2.24. The summed E-state index contributed by atoms with van der Waals surface area (Å²) in [6.45, 7) is 2.22. The smallest absolute Gasteiger partial charge is 0.255 e. The number of amides is 1. The number of aromatic nitrogens is 2. The number of anilines is 1. The third kappa shape index (κ3) is 3.04. The fraction of sp³-hybridized carbons (Fsp3) is 0.154. The highest BCUT2D eigenvalue weighted by molar-refractivity contribution is 5.98. The molecule has 6 heteroatoms. The normalized spacial score (nSPS) is 10.2. The molecule has 2 aromatic rings. The van der Waals surface area contributed by atoms with E-state index in [0.29, 0.717) is 6.54 Å². The van der Waals surface area contributed by atoms with Crippen LogP contribution in [0.2, 0.25) is 0 Å². The maximum Gasteiger partial charge on any atom is 0.255 e. The Morgan fingerprint density at radius 2 is 2.26 bits per heavy atom. The lowest BCUT2D eigenvalue weighted by Gasteiger charge is -2.08. The van der Waals surface area contributed by atoms with E-state index in [-0.39, 0.29) is 11.4 Å². The van der Waals surface area contributed by atoms with Crippen molar-refractivity contribution in [3.63, 3.8) is 0 Å². The van der Waals surface area contributed by atoms with Gasteiger partial charge in [0.1, 0.15) is 11.6 Å². The van der Waals surface area contributed by atoms with Gasteiger partial charge >= 0.3 is 0 Å². The minimum absolute atomic E-state index is 0.00495. The van der Waals surface area contributed by atoms with Crippen molar-refractivity contribution in [3.05, 3.63) is 53.2 Å². The standard InChI is InChI=1S/C13H13FN4O/c1-8-5-16-3-2-9(8)6-18-13(19)11-4-10(14)7-17-12(11)15/h2-5,7H,6H2,1H3,(H2,15,17)(H,18,19). The summed E-state index contributed by atoms with van der Waals surface area (Å²) in [5, 5.41) is 2.67. The number of hydrogen-bond donors (Lipinski definition) is 2. The highest BCUT2D eigenvalue weighted by Gasteiger charge is 2.12. The Kier molecular flexibility index (Phi) is 3.70. The van der Waals surface area contributed by atoms with E-state index in [1.807, 2.05) is 13.0 Å². The van der Waals surface area contributed by atoms with Gasteiger partial charge in [0.05, 0.1) is 11.8 Å². The van der Waals surface area contributed by atoms with Crippen molar-refractivity contribution in [2.45, 2.75) is 13.5 Å². The molecule has 0 unspecified atom stereocenters. The van der Waals surface area contributed by atoms with E-state index in [2.05, 4.69) is 15.3 Å². The Morgan fingerprint density at radius 1 is 1.47 bits per heavy atom. The first-order chi connectivity index (χ1) is 9.08. The molecule has 0 spiro atoms. The number of nitrogens with one attached hydrogen (secondary N) is 1. The molecule has 0 saturated carbocycles. The molecule has 19 heavy (non-hydrogen) atoms. The lowest BCUT2D eigenvalue weighted by molar-refractivity contribution is 0.0951. The summed E-state index contributed by atoms with van der Waals surface area (Å²) in [7, 11) is 0. The Bertz CT molecular complexity index is 615. The number of hydrogen-bond acceptors (Lipinski definition) is 4. The second-order valence-electron chi connectivity index (χ2n) is 4.07. The fourth-order valence-corrected chi connectivity index (χ4v) is 1.60. The number of carbonyl (C=O) groups is 1. The molecule has 0 radical (unpaired) electrons. The largest absolute Gasteiger partial charge is 0.383 e. The molecule has 0 aliphatic heterocycles. The summed E-state index contributed by atoms with van der Waals surface area (Å²) in [4.78, 5) is 19.5. The maximum atomic E-state index is 13.0. The van der Waals surface area contributed by atoms with E-state index in [0.717, 1.165) is 23.4 Å². The molecule has 0 fully saturated rings. The maximum absolute atomic E-state index is 13.0.